The maximum Gasteiger partial charge on any atom is 0.133 e. The maximum atomic E-state index is 9.44. The molecule has 5 heteroatoms. The minimum Gasteiger partial charge on any atom is -0.507 e. The summed E-state index contributed by atoms with van der Waals surface area (Å²) in [6.45, 7) is 0.747. The second kappa shape index (κ2) is 9.79. The molecule has 0 aliphatic carbocycles. The molecule has 2 aliphatic heterocycles. The Labute approximate surface area is 166 Å². The molecule has 2 aromatic carbocycles. The fourth-order valence-electron chi connectivity index (χ4n) is 2.99. The summed E-state index contributed by atoms with van der Waals surface area (Å²) >= 11 is 7.06. The van der Waals surface area contributed by atoms with Crippen LogP contribution in [0.3, 0.4) is 0 Å². The summed E-state index contributed by atoms with van der Waals surface area (Å²) in [6, 6.07) is 12.1. The number of benzene rings is 2. The van der Waals surface area contributed by atoms with Crippen LogP contribution in [0.25, 0.3) is 0 Å². The molecule has 0 unspecified atom stereocenters. The van der Waals surface area contributed by atoms with Gasteiger partial charge in [0.05, 0.1) is 16.4 Å². The molecule has 134 valence electrons. The van der Waals surface area contributed by atoms with E-state index in [2.05, 4.69) is 40.2 Å². The number of thioether (sulfide) groups is 2. The quantitative estimate of drug-likeness (QED) is 0.601. The third kappa shape index (κ3) is 5.11. The van der Waals surface area contributed by atoms with Crippen molar-refractivity contribution in [3.63, 3.8) is 0 Å². The molecule has 2 nitrogen and oxygen atoms in total. The second-order valence-electron chi connectivity index (χ2n) is 5.95. The van der Waals surface area contributed by atoms with Crippen LogP contribution in [0.1, 0.15) is 24.0 Å². The van der Waals surface area contributed by atoms with Crippen molar-refractivity contribution in [2.24, 2.45) is 0 Å². The van der Waals surface area contributed by atoms with Gasteiger partial charge in [-0.05, 0) is 60.4 Å². The third-order valence-corrected chi connectivity index (χ3v) is 6.97. The van der Waals surface area contributed by atoms with Crippen molar-refractivity contribution in [2.75, 3.05) is 23.4 Å². The van der Waals surface area contributed by atoms with Crippen LogP contribution in [0.2, 0.25) is 0 Å². The minimum atomic E-state index is 0.451. The number of hydrogen-bond donors (Lipinski definition) is 1. The summed E-state index contributed by atoms with van der Waals surface area (Å²) in [7, 11) is 0. The van der Waals surface area contributed by atoms with E-state index in [9.17, 15) is 5.11 Å². The Morgan fingerprint density at radius 3 is 2.24 bits per heavy atom. The van der Waals surface area contributed by atoms with Crippen LogP contribution in [0.5, 0.6) is 11.5 Å². The third-order valence-electron chi connectivity index (χ3n) is 4.14. The molecular weight excluding hydrogens is 416 g/mol. The zero-order valence-electron chi connectivity index (χ0n) is 14.2. The highest BCUT2D eigenvalue weighted by atomic mass is 79.9. The number of fused-ring (bicyclic) bond motifs is 2. The molecule has 0 radical (unpaired) electrons. The van der Waals surface area contributed by atoms with Crippen LogP contribution in [0.4, 0.5) is 0 Å². The molecule has 1 N–H and O–H groups in total. The monoisotopic (exact) mass is 438 g/mol. The fourth-order valence-corrected chi connectivity index (χ4v) is 5.34. The van der Waals surface area contributed by atoms with E-state index in [-0.39, 0.29) is 0 Å². The molecule has 0 saturated heterocycles. The number of halogens is 1. The first-order valence-electron chi connectivity index (χ1n) is 8.66. The average molecular weight is 439 g/mol. The molecule has 0 atom stereocenters. The van der Waals surface area contributed by atoms with Crippen LogP contribution >= 0.6 is 39.5 Å². The Balaban J connectivity index is 0.000000150. The zero-order chi connectivity index (χ0) is 17.5. The standard InChI is InChI=1S/C11H13BrOS.C9H10OS/c12-6-7-13-10-5-1-3-9-4-2-8-14-11(9)10;10-8-5-1-3-7-4-2-6-11-9(7)8/h1,3,5H,2,4,6-8H2;1,3,5,10H,2,4,6H2. The van der Waals surface area contributed by atoms with Gasteiger partial charge in [-0.1, -0.05) is 40.2 Å². The van der Waals surface area contributed by atoms with Gasteiger partial charge in [-0.25, -0.2) is 0 Å². The van der Waals surface area contributed by atoms with Gasteiger partial charge in [0.15, 0.2) is 0 Å². The Morgan fingerprint density at radius 1 is 0.920 bits per heavy atom. The molecule has 25 heavy (non-hydrogen) atoms. The number of phenolic OH excluding ortho intramolecular Hbond substituents is 1. The number of ether oxygens (including phenoxy) is 1. The minimum absolute atomic E-state index is 0.451. The van der Waals surface area contributed by atoms with Crippen LogP contribution in [-0.4, -0.2) is 28.5 Å². The molecule has 0 spiro atoms. The highest BCUT2D eigenvalue weighted by molar-refractivity contribution is 9.09. The molecule has 2 aliphatic rings. The van der Waals surface area contributed by atoms with Crippen LogP contribution in [-0.2, 0) is 12.8 Å². The fraction of sp³-hybridized carbons (Fsp3) is 0.400. The molecule has 0 fully saturated rings. The largest absolute Gasteiger partial charge is 0.507 e. The van der Waals surface area contributed by atoms with E-state index >= 15 is 0 Å². The van der Waals surface area contributed by atoms with E-state index in [0.29, 0.717) is 5.75 Å². The summed E-state index contributed by atoms with van der Waals surface area (Å²) < 4.78 is 5.69. The van der Waals surface area contributed by atoms with Crippen LogP contribution < -0.4 is 4.74 Å². The summed E-state index contributed by atoms with van der Waals surface area (Å²) in [6.07, 6.45) is 4.85. The van der Waals surface area contributed by atoms with E-state index in [1.54, 1.807) is 17.8 Å². The number of aromatic hydroxyl groups is 1. The van der Waals surface area contributed by atoms with Gasteiger partial charge in [0, 0.05) is 5.33 Å². The van der Waals surface area contributed by atoms with Crippen molar-refractivity contribution in [1.29, 1.82) is 0 Å². The Morgan fingerprint density at radius 2 is 1.56 bits per heavy atom. The summed E-state index contributed by atoms with van der Waals surface area (Å²) in [5, 5.41) is 10.3. The molecule has 2 heterocycles. The molecule has 0 bridgehead atoms. The number of phenols is 1. The van der Waals surface area contributed by atoms with Crippen LogP contribution in [0, 0.1) is 0 Å². The normalized spacial score (nSPS) is 15.4. The SMILES string of the molecule is BrCCOc1cccc2c1SCCC2.Oc1cccc2c1SCCC2. The lowest BCUT2D eigenvalue weighted by atomic mass is 10.1. The lowest BCUT2D eigenvalue weighted by molar-refractivity contribution is 0.336. The highest BCUT2D eigenvalue weighted by Crippen LogP contribution is 2.37. The lowest BCUT2D eigenvalue weighted by Gasteiger charge is -2.18. The van der Waals surface area contributed by atoms with Crippen LogP contribution in [0.15, 0.2) is 46.2 Å². The van der Waals surface area contributed by atoms with Gasteiger partial charge in [0.2, 0.25) is 0 Å². The number of rotatable bonds is 3. The van der Waals surface area contributed by atoms with Gasteiger partial charge >= 0.3 is 0 Å². The van der Waals surface area contributed by atoms with E-state index in [1.807, 2.05) is 17.8 Å². The van der Waals surface area contributed by atoms with Gasteiger partial charge in [0.1, 0.15) is 11.5 Å². The van der Waals surface area contributed by atoms with Gasteiger partial charge in [-0.15, -0.1) is 23.5 Å². The highest BCUT2D eigenvalue weighted by Gasteiger charge is 2.14. The number of hydrogen-bond acceptors (Lipinski definition) is 4. The van der Waals surface area contributed by atoms with Crippen molar-refractivity contribution in [2.45, 2.75) is 35.5 Å². The Bertz CT molecular complexity index is 706. The maximum absolute atomic E-state index is 9.44. The van der Waals surface area contributed by atoms with E-state index in [4.69, 9.17) is 4.74 Å². The first-order chi connectivity index (χ1) is 12.3. The summed E-state index contributed by atoms with van der Waals surface area (Å²) in [5.74, 6) is 3.88. The predicted molar refractivity (Wildman–Crippen MR) is 112 cm³/mol. The van der Waals surface area contributed by atoms with Crippen molar-refractivity contribution < 1.29 is 9.84 Å². The molecule has 0 amide bonds. The second-order valence-corrected chi connectivity index (χ2v) is 8.95. The van der Waals surface area contributed by atoms with E-state index < -0.39 is 0 Å². The lowest BCUT2D eigenvalue weighted by Crippen LogP contribution is -2.04. The number of alkyl halides is 1. The van der Waals surface area contributed by atoms with Gasteiger partial charge in [0.25, 0.3) is 0 Å². The molecule has 2 aromatic rings. The first kappa shape index (κ1) is 19.0. The Hall–Kier alpha value is -0.780. The molecular formula is C20H23BrO2S2. The predicted octanol–water partition coefficient (Wildman–Crippen LogP) is 5.93. The van der Waals surface area contributed by atoms with Crippen molar-refractivity contribution in [1.82, 2.24) is 0 Å². The Kier molecular flexibility index (Phi) is 7.44. The topological polar surface area (TPSA) is 29.5 Å². The first-order valence-corrected chi connectivity index (χ1v) is 11.8. The summed E-state index contributed by atoms with van der Waals surface area (Å²) in [5.41, 5.74) is 2.76. The average Bonchev–Trinajstić information content (AvgIpc) is 2.67. The smallest absolute Gasteiger partial charge is 0.133 e. The van der Waals surface area contributed by atoms with Gasteiger partial charge in [-0.2, -0.15) is 0 Å². The van der Waals surface area contributed by atoms with Gasteiger partial charge in [-0.3, -0.25) is 0 Å². The van der Waals surface area contributed by atoms with Crippen molar-refractivity contribution in [3.8, 4) is 11.5 Å². The van der Waals surface area contributed by atoms with E-state index in [1.165, 1.54) is 41.0 Å². The molecule has 4 rings (SSSR count). The molecule has 0 aromatic heterocycles. The van der Waals surface area contributed by atoms with Crippen molar-refractivity contribution >= 4 is 39.5 Å². The number of aryl methyl sites for hydroxylation is 2. The van der Waals surface area contributed by atoms with Gasteiger partial charge < -0.3 is 9.84 Å². The van der Waals surface area contributed by atoms with Crippen molar-refractivity contribution in [3.05, 3.63) is 47.5 Å². The molecule has 0 saturated carbocycles. The van der Waals surface area contributed by atoms with E-state index in [0.717, 1.165) is 34.8 Å². The summed E-state index contributed by atoms with van der Waals surface area (Å²) in [4.78, 5) is 2.46. The zero-order valence-corrected chi connectivity index (χ0v) is 17.4.